The highest BCUT2D eigenvalue weighted by molar-refractivity contribution is 8.00. The molecule has 162 valence electrons. The van der Waals surface area contributed by atoms with Crippen LogP contribution in [0.25, 0.3) is 10.9 Å². The van der Waals surface area contributed by atoms with E-state index in [2.05, 4.69) is 15.3 Å². The first-order valence-electron chi connectivity index (χ1n) is 10.0. The van der Waals surface area contributed by atoms with Gasteiger partial charge in [-0.2, -0.15) is 0 Å². The molecule has 0 aliphatic carbocycles. The van der Waals surface area contributed by atoms with E-state index in [0.29, 0.717) is 17.4 Å². The van der Waals surface area contributed by atoms with Crippen LogP contribution in [0.4, 0.5) is 11.5 Å². The molecule has 1 N–H and O–H groups in total. The van der Waals surface area contributed by atoms with E-state index in [1.165, 1.54) is 11.8 Å². The molecule has 1 amide bonds. The molecule has 0 radical (unpaired) electrons. The van der Waals surface area contributed by atoms with Gasteiger partial charge in [-0.25, -0.2) is 18.4 Å². The van der Waals surface area contributed by atoms with E-state index >= 15 is 0 Å². The van der Waals surface area contributed by atoms with E-state index in [4.69, 9.17) is 0 Å². The number of carbonyl (C=O) groups excluding carboxylic acids is 1. The van der Waals surface area contributed by atoms with Crippen LogP contribution in [-0.2, 0) is 14.6 Å². The third-order valence-corrected chi connectivity index (χ3v) is 8.05. The van der Waals surface area contributed by atoms with E-state index in [9.17, 15) is 13.2 Å². The Labute approximate surface area is 186 Å². The Morgan fingerprint density at radius 3 is 2.55 bits per heavy atom. The summed E-state index contributed by atoms with van der Waals surface area (Å²) in [4.78, 5) is 23.8. The largest absolute Gasteiger partial charge is 0.341 e. The smallest absolute Gasteiger partial charge is 0.235 e. The second-order valence-corrected chi connectivity index (χ2v) is 11.2. The molecule has 0 bridgehead atoms. The molecule has 9 heteroatoms. The lowest BCUT2D eigenvalue weighted by Crippen LogP contribution is -2.41. The zero-order valence-electron chi connectivity index (χ0n) is 17.4. The van der Waals surface area contributed by atoms with Crippen molar-refractivity contribution in [3.8, 4) is 0 Å². The van der Waals surface area contributed by atoms with E-state index < -0.39 is 15.1 Å². The van der Waals surface area contributed by atoms with Crippen molar-refractivity contribution in [3.05, 3.63) is 54.6 Å². The molecule has 1 aromatic heterocycles. The van der Waals surface area contributed by atoms with Crippen LogP contribution in [-0.4, -0.2) is 59.0 Å². The monoisotopic (exact) mass is 456 g/mol. The Morgan fingerprint density at radius 2 is 1.84 bits per heavy atom. The van der Waals surface area contributed by atoms with Crippen molar-refractivity contribution in [2.24, 2.45) is 0 Å². The lowest BCUT2D eigenvalue weighted by molar-refractivity contribution is -0.130. The fraction of sp³-hybridized carbons (Fsp3) is 0.318. The van der Waals surface area contributed by atoms with Crippen molar-refractivity contribution in [3.63, 3.8) is 0 Å². The van der Waals surface area contributed by atoms with Crippen LogP contribution in [0.3, 0.4) is 0 Å². The number of hydrogen-bond acceptors (Lipinski definition) is 7. The fourth-order valence-corrected chi connectivity index (χ4v) is 6.27. The molecule has 1 fully saturated rings. The second kappa shape index (κ2) is 8.84. The summed E-state index contributed by atoms with van der Waals surface area (Å²) in [6.07, 6.45) is 0.486. The van der Waals surface area contributed by atoms with Crippen LogP contribution in [0, 0.1) is 0 Å². The number of nitrogens with zero attached hydrogens (tertiary/aromatic N) is 3. The molecule has 2 atom stereocenters. The maximum Gasteiger partial charge on any atom is 0.235 e. The van der Waals surface area contributed by atoms with E-state index in [1.807, 2.05) is 54.6 Å². The molecule has 0 spiro atoms. The van der Waals surface area contributed by atoms with Crippen LogP contribution in [0.5, 0.6) is 0 Å². The topological polar surface area (TPSA) is 92.3 Å². The molecule has 3 aromatic rings. The number of amides is 1. The molecular formula is C22H24N4O3S2. The maximum atomic E-state index is 12.9. The highest BCUT2D eigenvalue weighted by Gasteiger charge is 2.34. The standard InChI is InChI=1S/C22H24N4O3S2/c1-15(21(27)26(2)17-12-13-31(28,29)14-17)30-22-24-19-11-7-6-10-18(19)20(25-22)23-16-8-4-3-5-9-16/h3-11,15,17H,12-14H2,1-2H3,(H,23,24,25)/t15-,17+/m1/s1. The summed E-state index contributed by atoms with van der Waals surface area (Å²) in [6, 6.07) is 17.2. The Hall–Kier alpha value is -2.65. The number of sulfone groups is 1. The molecule has 1 saturated heterocycles. The molecule has 4 rings (SSSR count). The molecule has 2 aromatic carbocycles. The van der Waals surface area contributed by atoms with Gasteiger partial charge in [-0.15, -0.1) is 0 Å². The number of rotatable bonds is 6. The lowest BCUT2D eigenvalue weighted by Gasteiger charge is -2.26. The molecule has 2 heterocycles. The average Bonchev–Trinajstić information content (AvgIpc) is 3.13. The highest BCUT2D eigenvalue weighted by atomic mass is 32.2. The summed E-state index contributed by atoms with van der Waals surface area (Å²) in [5.74, 6) is 0.721. The number of fused-ring (bicyclic) bond motifs is 1. The van der Waals surface area contributed by atoms with Crippen LogP contribution in [0.1, 0.15) is 13.3 Å². The van der Waals surface area contributed by atoms with Gasteiger partial charge in [0.05, 0.1) is 22.3 Å². The van der Waals surface area contributed by atoms with Crippen molar-refractivity contribution in [2.45, 2.75) is 29.8 Å². The van der Waals surface area contributed by atoms with Gasteiger partial charge < -0.3 is 10.2 Å². The molecule has 1 aliphatic rings. The zero-order chi connectivity index (χ0) is 22.0. The molecule has 0 saturated carbocycles. The van der Waals surface area contributed by atoms with Gasteiger partial charge in [0.1, 0.15) is 5.82 Å². The quantitative estimate of drug-likeness (QED) is 0.448. The summed E-state index contributed by atoms with van der Waals surface area (Å²) in [7, 11) is -1.38. The van der Waals surface area contributed by atoms with E-state index in [0.717, 1.165) is 16.6 Å². The summed E-state index contributed by atoms with van der Waals surface area (Å²) < 4.78 is 23.5. The van der Waals surface area contributed by atoms with Gasteiger partial charge >= 0.3 is 0 Å². The van der Waals surface area contributed by atoms with Gasteiger partial charge in [0.15, 0.2) is 15.0 Å². The molecular weight excluding hydrogens is 432 g/mol. The highest BCUT2D eigenvalue weighted by Crippen LogP contribution is 2.29. The predicted octanol–water partition coefficient (Wildman–Crippen LogP) is 3.50. The average molecular weight is 457 g/mol. The minimum Gasteiger partial charge on any atom is -0.341 e. The van der Waals surface area contributed by atoms with Crippen molar-refractivity contribution < 1.29 is 13.2 Å². The zero-order valence-corrected chi connectivity index (χ0v) is 19.0. The minimum atomic E-state index is -3.05. The Kier molecular flexibility index (Phi) is 6.15. The molecule has 1 aliphatic heterocycles. The number of anilines is 2. The fourth-order valence-electron chi connectivity index (χ4n) is 3.62. The van der Waals surface area contributed by atoms with Gasteiger partial charge in [-0.05, 0) is 37.6 Å². The summed E-state index contributed by atoms with van der Waals surface area (Å²) in [5, 5.41) is 4.28. The van der Waals surface area contributed by atoms with Crippen molar-refractivity contribution in [1.82, 2.24) is 14.9 Å². The van der Waals surface area contributed by atoms with Crippen LogP contribution in [0.15, 0.2) is 59.8 Å². The van der Waals surface area contributed by atoms with Gasteiger partial charge in [0.2, 0.25) is 5.91 Å². The first-order valence-corrected chi connectivity index (χ1v) is 12.7. The van der Waals surface area contributed by atoms with Gasteiger partial charge in [0.25, 0.3) is 0 Å². The molecule has 0 unspecified atom stereocenters. The predicted molar refractivity (Wildman–Crippen MR) is 124 cm³/mol. The normalized spacial score (nSPS) is 18.6. The Bertz CT molecular complexity index is 1200. The third kappa shape index (κ3) is 4.99. The lowest BCUT2D eigenvalue weighted by atomic mass is 10.2. The van der Waals surface area contributed by atoms with Crippen LogP contribution in [0.2, 0.25) is 0 Å². The van der Waals surface area contributed by atoms with Crippen LogP contribution < -0.4 is 5.32 Å². The SMILES string of the molecule is C[C@@H](Sc1nc(Nc2ccccc2)c2ccccc2n1)C(=O)N(C)[C@H]1CCS(=O)(=O)C1. The Morgan fingerprint density at radius 1 is 1.13 bits per heavy atom. The number of hydrogen-bond donors (Lipinski definition) is 1. The van der Waals surface area contributed by atoms with Gasteiger partial charge in [-0.1, -0.05) is 42.1 Å². The minimum absolute atomic E-state index is 0.0320. The van der Waals surface area contributed by atoms with E-state index in [-0.39, 0.29) is 23.5 Å². The summed E-state index contributed by atoms with van der Waals surface area (Å²) in [6.45, 7) is 1.80. The van der Waals surface area contributed by atoms with Gasteiger partial charge in [-0.3, -0.25) is 4.79 Å². The van der Waals surface area contributed by atoms with Crippen molar-refractivity contribution in [2.75, 3.05) is 23.9 Å². The number of aromatic nitrogens is 2. The number of carbonyl (C=O) groups is 1. The number of thioether (sulfide) groups is 1. The maximum absolute atomic E-state index is 12.9. The van der Waals surface area contributed by atoms with Gasteiger partial charge in [0, 0.05) is 24.2 Å². The summed E-state index contributed by atoms with van der Waals surface area (Å²) in [5.41, 5.74) is 1.70. The number of nitrogens with one attached hydrogen (secondary N) is 1. The van der Waals surface area contributed by atoms with Crippen molar-refractivity contribution >= 4 is 49.9 Å². The molecule has 31 heavy (non-hydrogen) atoms. The third-order valence-electron chi connectivity index (χ3n) is 5.35. The molecule has 7 nitrogen and oxygen atoms in total. The second-order valence-electron chi connectivity index (χ2n) is 7.63. The number of para-hydroxylation sites is 2. The van der Waals surface area contributed by atoms with Crippen molar-refractivity contribution in [1.29, 1.82) is 0 Å². The van der Waals surface area contributed by atoms with Crippen LogP contribution >= 0.6 is 11.8 Å². The first kappa shape index (κ1) is 21.6. The Balaban J connectivity index is 1.55. The summed E-state index contributed by atoms with van der Waals surface area (Å²) >= 11 is 1.28. The number of benzene rings is 2. The first-order chi connectivity index (χ1) is 14.8. The van der Waals surface area contributed by atoms with E-state index in [1.54, 1.807) is 18.9 Å².